The van der Waals surface area contributed by atoms with E-state index in [1.54, 1.807) is 6.20 Å². The van der Waals surface area contributed by atoms with E-state index in [1.807, 2.05) is 13.1 Å². The maximum Gasteiger partial charge on any atom is 0.133 e. The summed E-state index contributed by atoms with van der Waals surface area (Å²) < 4.78 is 0.959. The maximum atomic E-state index is 5.78. The highest BCUT2D eigenvalue weighted by Gasteiger charge is 2.09. The third kappa shape index (κ3) is 3.55. The third-order valence-electron chi connectivity index (χ3n) is 3.03. The smallest absolute Gasteiger partial charge is 0.133 e. The molecule has 0 atom stereocenters. The van der Waals surface area contributed by atoms with E-state index in [1.165, 1.54) is 11.1 Å². The zero-order valence-corrected chi connectivity index (χ0v) is 12.8. The predicted octanol–water partition coefficient (Wildman–Crippen LogP) is 3.25. The first-order valence-electron chi connectivity index (χ1n) is 6.21. The Labute approximate surface area is 122 Å². The first-order chi connectivity index (χ1) is 9.10. The molecule has 4 heteroatoms. The highest BCUT2D eigenvalue weighted by atomic mass is 79.9. The molecular formula is C15H18BrN3. The monoisotopic (exact) mass is 319 g/mol. The van der Waals surface area contributed by atoms with Crippen LogP contribution in [0.3, 0.4) is 0 Å². The molecule has 0 fully saturated rings. The van der Waals surface area contributed by atoms with Crippen LogP contribution in [0.5, 0.6) is 0 Å². The van der Waals surface area contributed by atoms with Gasteiger partial charge in [-0.15, -0.1) is 0 Å². The number of hydrogen-bond acceptors (Lipinski definition) is 3. The van der Waals surface area contributed by atoms with Crippen molar-refractivity contribution in [1.82, 2.24) is 4.98 Å². The number of nitrogens with zero attached hydrogens (tertiary/aromatic N) is 2. The molecular weight excluding hydrogens is 302 g/mol. The number of nitrogens with two attached hydrogens (primary N) is 1. The van der Waals surface area contributed by atoms with Crippen molar-refractivity contribution >= 4 is 21.7 Å². The molecule has 0 bridgehead atoms. The van der Waals surface area contributed by atoms with E-state index in [9.17, 15) is 0 Å². The molecule has 0 saturated heterocycles. The Hall–Kier alpha value is -1.39. The number of pyridine rings is 1. The fourth-order valence-corrected chi connectivity index (χ4v) is 2.39. The van der Waals surface area contributed by atoms with Crippen LogP contribution in [0.25, 0.3) is 0 Å². The van der Waals surface area contributed by atoms with Crippen molar-refractivity contribution in [3.63, 3.8) is 0 Å². The lowest BCUT2D eigenvalue weighted by Crippen LogP contribution is -2.20. The van der Waals surface area contributed by atoms with E-state index >= 15 is 0 Å². The molecule has 2 N–H and O–H groups in total. The van der Waals surface area contributed by atoms with Gasteiger partial charge in [-0.05, 0) is 34.5 Å². The zero-order valence-electron chi connectivity index (χ0n) is 11.2. The first-order valence-corrected chi connectivity index (χ1v) is 7.00. The van der Waals surface area contributed by atoms with Gasteiger partial charge in [0.25, 0.3) is 0 Å². The summed E-state index contributed by atoms with van der Waals surface area (Å²) in [5.41, 5.74) is 9.37. The number of benzene rings is 1. The number of hydrogen-bond donors (Lipinski definition) is 1. The lowest BCUT2D eigenvalue weighted by Gasteiger charge is -2.21. The Morgan fingerprint density at radius 3 is 2.58 bits per heavy atom. The second-order valence-electron chi connectivity index (χ2n) is 4.68. The van der Waals surface area contributed by atoms with Crippen LogP contribution in [-0.2, 0) is 13.1 Å². The first kappa shape index (κ1) is 14.0. The van der Waals surface area contributed by atoms with Gasteiger partial charge in [-0.2, -0.15) is 0 Å². The standard InChI is InChI=1S/C15H18BrN3/c1-11-3-5-12(6-4-11)10-19(2)15-13(8-17)7-14(16)9-18-15/h3-7,9H,8,10,17H2,1-2H3. The fourth-order valence-electron chi connectivity index (χ4n) is 2.01. The molecule has 0 amide bonds. The maximum absolute atomic E-state index is 5.78. The fraction of sp³-hybridized carbons (Fsp3) is 0.267. The number of rotatable bonds is 4. The Kier molecular flexibility index (Phi) is 4.56. The summed E-state index contributed by atoms with van der Waals surface area (Å²) in [5.74, 6) is 0.936. The topological polar surface area (TPSA) is 42.2 Å². The van der Waals surface area contributed by atoms with Gasteiger partial charge < -0.3 is 10.6 Å². The van der Waals surface area contributed by atoms with Crippen LogP contribution in [0.15, 0.2) is 41.0 Å². The highest BCUT2D eigenvalue weighted by molar-refractivity contribution is 9.10. The summed E-state index contributed by atoms with van der Waals surface area (Å²) >= 11 is 3.42. The molecule has 2 rings (SSSR count). The third-order valence-corrected chi connectivity index (χ3v) is 3.46. The zero-order chi connectivity index (χ0) is 13.8. The van der Waals surface area contributed by atoms with Gasteiger partial charge in [-0.1, -0.05) is 29.8 Å². The molecule has 0 aliphatic heterocycles. The molecule has 0 spiro atoms. The van der Waals surface area contributed by atoms with Crippen LogP contribution in [0, 0.1) is 6.92 Å². The minimum Gasteiger partial charge on any atom is -0.355 e. The van der Waals surface area contributed by atoms with Crippen molar-refractivity contribution in [2.45, 2.75) is 20.0 Å². The molecule has 0 saturated carbocycles. The molecule has 3 nitrogen and oxygen atoms in total. The summed E-state index contributed by atoms with van der Waals surface area (Å²) in [6, 6.07) is 10.6. The average Bonchev–Trinajstić information content (AvgIpc) is 2.41. The van der Waals surface area contributed by atoms with Crippen LogP contribution in [-0.4, -0.2) is 12.0 Å². The molecule has 1 aromatic carbocycles. The van der Waals surface area contributed by atoms with Crippen molar-refractivity contribution in [3.05, 3.63) is 57.7 Å². The molecule has 1 aromatic heterocycles. The van der Waals surface area contributed by atoms with Crippen LogP contribution in [0.1, 0.15) is 16.7 Å². The quantitative estimate of drug-likeness (QED) is 0.940. The molecule has 0 radical (unpaired) electrons. The van der Waals surface area contributed by atoms with E-state index in [2.05, 4.69) is 57.0 Å². The van der Waals surface area contributed by atoms with Crippen molar-refractivity contribution in [1.29, 1.82) is 0 Å². The van der Waals surface area contributed by atoms with Crippen LogP contribution >= 0.6 is 15.9 Å². The van der Waals surface area contributed by atoms with Gasteiger partial charge >= 0.3 is 0 Å². The van der Waals surface area contributed by atoms with Gasteiger partial charge in [0.2, 0.25) is 0 Å². The largest absolute Gasteiger partial charge is 0.355 e. The molecule has 1 heterocycles. The number of aromatic nitrogens is 1. The molecule has 19 heavy (non-hydrogen) atoms. The molecule has 0 aliphatic rings. The Balaban J connectivity index is 2.19. The summed E-state index contributed by atoms with van der Waals surface area (Å²) in [7, 11) is 2.04. The second kappa shape index (κ2) is 6.17. The van der Waals surface area contributed by atoms with Crippen molar-refractivity contribution in [2.24, 2.45) is 5.73 Å². The van der Waals surface area contributed by atoms with E-state index in [-0.39, 0.29) is 0 Å². The molecule has 0 unspecified atom stereocenters. The summed E-state index contributed by atoms with van der Waals surface area (Å²) in [5, 5.41) is 0. The number of anilines is 1. The lowest BCUT2D eigenvalue weighted by molar-refractivity contribution is 0.874. The highest BCUT2D eigenvalue weighted by Crippen LogP contribution is 2.21. The van der Waals surface area contributed by atoms with Crippen molar-refractivity contribution in [3.8, 4) is 0 Å². The normalized spacial score (nSPS) is 10.5. The SMILES string of the molecule is Cc1ccc(CN(C)c2ncc(Br)cc2CN)cc1. The van der Waals surface area contributed by atoms with Crippen LogP contribution in [0.2, 0.25) is 0 Å². The molecule has 100 valence electrons. The van der Waals surface area contributed by atoms with Gasteiger partial charge in [-0.3, -0.25) is 0 Å². The minimum absolute atomic E-state index is 0.486. The van der Waals surface area contributed by atoms with Crippen LogP contribution < -0.4 is 10.6 Å². The van der Waals surface area contributed by atoms with Crippen molar-refractivity contribution in [2.75, 3.05) is 11.9 Å². The average molecular weight is 320 g/mol. The number of aryl methyl sites for hydroxylation is 1. The van der Waals surface area contributed by atoms with Gasteiger partial charge in [0.05, 0.1) is 0 Å². The van der Waals surface area contributed by atoms with Gasteiger partial charge in [0.15, 0.2) is 0 Å². The van der Waals surface area contributed by atoms with Gasteiger partial charge in [0.1, 0.15) is 5.82 Å². The molecule has 2 aromatic rings. The predicted molar refractivity (Wildman–Crippen MR) is 83.1 cm³/mol. The van der Waals surface area contributed by atoms with Gasteiger partial charge in [0, 0.05) is 36.4 Å². The Bertz CT molecular complexity index is 552. The van der Waals surface area contributed by atoms with Crippen molar-refractivity contribution < 1.29 is 0 Å². The minimum atomic E-state index is 0.486. The molecule has 0 aliphatic carbocycles. The summed E-state index contributed by atoms with van der Waals surface area (Å²) in [4.78, 5) is 6.59. The van der Waals surface area contributed by atoms with E-state index in [0.29, 0.717) is 6.54 Å². The van der Waals surface area contributed by atoms with Crippen LogP contribution in [0.4, 0.5) is 5.82 Å². The van der Waals surface area contributed by atoms with E-state index in [0.717, 1.165) is 22.4 Å². The van der Waals surface area contributed by atoms with Gasteiger partial charge in [-0.25, -0.2) is 4.98 Å². The summed E-state index contributed by atoms with van der Waals surface area (Å²) in [6.07, 6.45) is 1.81. The lowest BCUT2D eigenvalue weighted by atomic mass is 10.1. The van der Waals surface area contributed by atoms with E-state index in [4.69, 9.17) is 5.73 Å². The number of halogens is 1. The van der Waals surface area contributed by atoms with E-state index < -0.39 is 0 Å². The Morgan fingerprint density at radius 2 is 1.95 bits per heavy atom. The second-order valence-corrected chi connectivity index (χ2v) is 5.60. The summed E-state index contributed by atoms with van der Waals surface area (Å²) in [6.45, 7) is 3.40. The Morgan fingerprint density at radius 1 is 1.26 bits per heavy atom.